The fourth-order valence-corrected chi connectivity index (χ4v) is 2.40. The van der Waals surface area contributed by atoms with E-state index in [0.29, 0.717) is 11.1 Å². The van der Waals surface area contributed by atoms with Gasteiger partial charge in [-0.05, 0) is 25.1 Å². The van der Waals surface area contributed by atoms with Crippen molar-refractivity contribution in [2.75, 3.05) is 0 Å². The van der Waals surface area contributed by atoms with Crippen LogP contribution in [0, 0.1) is 6.92 Å². The zero-order valence-electron chi connectivity index (χ0n) is 13.7. The maximum atomic E-state index is 12.6. The van der Waals surface area contributed by atoms with Gasteiger partial charge in [0.25, 0.3) is 0 Å². The van der Waals surface area contributed by atoms with Gasteiger partial charge in [0.2, 0.25) is 0 Å². The van der Waals surface area contributed by atoms with Gasteiger partial charge in [0.15, 0.2) is 5.78 Å². The quantitative estimate of drug-likeness (QED) is 0.550. The molecule has 0 aromatic heterocycles. The second-order valence-corrected chi connectivity index (χ2v) is 5.72. The fourth-order valence-electron chi connectivity index (χ4n) is 2.40. The summed E-state index contributed by atoms with van der Waals surface area (Å²) in [5.74, 6) is -0.722. The van der Waals surface area contributed by atoms with Crippen molar-refractivity contribution in [1.29, 1.82) is 0 Å². The molecule has 0 atom stereocenters. The van der Waals surface area contributed by atoms with Crippen molar-refractivity contribution in [1.82, 2.24) is 0 Å². The van der Waals surface area contributed by atoms with E-state index in [1.807, 2.05) is 37.3 Å². The Balaban J connectivity index is 1.95. The normalized spacial score (nSPS) is 10.9. The molecule has 124 valence electrons. The van der Waals surface area contributed by atoms with Crippen LogP contribution in [0.4, 0.5) is 5.69 Å². The molecule has 0 bridgehead atoms. The number of aliphatic imine (C=N–C) groups is 1. The molecule has 2 N–H and O–H groups in total. The summed E-state index contributed by atoms with van der Waals surface area (Å²) >= 11 is 0. The smallest absolute Gasteiger partial charge is 0.196 e. The zero-order chi connectivity index (χ0) is 17.8. The lowest BCUT2D eigenvalue weighted by Gasteiger charge is -2.07. The van der Waals surface area contributed by atoms with Crippen molar-refractivity contribution < 1.29 is 15.0 Å². The summed E-state index contributed by atoms with van der Waals surface area (Å²) < 4.78 is 0. The number of phenols is 2. The summed E-state index contributed by atoms with van der Waals surface area (Å²) in [5, 5.41) is 20.1. The largest absolute Gasteiger partial charge is 0.507 e. The number of aryl methyl sites for hydroxylation is 1. The number of ketones is 1. The van der Waals surface area contributed by atoms with E-state index in [2.05, 4.69) is 4.99 Å². The average molecular weight is 331 g/mol. The van der Waals surface area contributed by atoms with Crippen LogP contribution in [0.25, 0.3) is 0 Å². The summed E-state index contributed by atoms with van der Waals surface area (Å²) in [6, 6.07) is 18.9. The van der Waals surface area contributed by atoms with Gasteiger partial charge in [0.05, 0.1) is 11.3 Å². The maximum absolute atomic E-state index is 12.6. The molecule has 0 saturated heterocycles. The minimum absolute atomic E-state index is 0.120. The highest BCUT2D eigenvalue weighted by Crippen LogP contribution is 2.28. The predicted molar refractivity (Wildman–Crippen MR) is 98.1 cm³/mol. The first-order chi connectivity index (χ1) is 12.0. The Morgan fingerprint density at radius 2 is 1.60 bits per heavy atom. The number of carbonyl (C=O) groups is 1. The molecule has 4 nitrogen and oxygen atoms in total. The maximum Gasteiger partial charge on any atom is 0.196 e. The second kappa shape index (κ2) is 7.01. The Morgan fingerprint density at radius 3 is 2.28 bits per heavy atom. The van der Waals surface area contributed by atoms with Crippen LogP contribution in [-0.4, -0.2) is 22.2 Å². The lowest BCUT2D eigenvalue weighted by atomic mass is 10.00. The molecule has 0 saturated carbocycles. The summed E-state index contributed by atoms with van der Waals surface area (Å²) in [6.45, 7) is 1.99. The number of nitrogens with zero attached hydrogens (tertiary/aromatic N) is 1. The summed E-state index contributed by atoms with van der Waals surface area (Å²) in [7, 11) is 0. The van der Waals surface area contributed by atoms with Crippen LogP contribution in [0.2, 0.25) is 0 Å². The van der Waals surface area contributed by atoms with Crippen molar-refractivity contribution in [2.45, 2.75) is 6.92 Å². The Kier molecular flexibility index (Phi) is 4.61. The Hall–Kier alpha value is -3.40. The van der Waals surface area contributed by atoms with Crippen LogP contribution in [0.15, 0.2) is 71.7 Å². The molecule has 0 heterocycles. The van der Waals surface area contributed by atoms with Crippen LogP contribution in [-0.2, 0) is 0 Å². The Bertz CT molecular complexity index is 929. The summed E-state index contributed by atoms with van der Waals surface area (Å²) in [6.07, 6.45) is 1.47. The molecule has 0 fully saturated rings. The van der Waals surface area contributed by atoms with E-state index in [9.17, 15) is 15.0 Å². The van der Waals surface area contributed by atoms with Crippen LogP contribution in [0.3, 0.4) is 0 Å². The molecule has 25 heavy (non-hydrogen) atoms. The molecule has 0 spiro atoms. The lowest BCUT2D eigenvalue weighted by Crippen LogP contribution is -2.02. The van der Waals surface area contributed by atoms with Crippen molar-refractivity contribution in [3.8, 4) is 11.5 Å². The van der Waals surface area contributed by atoms with Gasteiger partial charge >= 0.3 is 0 Å². The SMILES string of the molecule is Cc1ccc(/N=C/c2cc(C(=O)c3ccccc3)c(O)cc2O)cc1. The molecule has 0 aliphatic heterocycles. The number of carbonyl (C=O) groups excluding carboxylic acids is 1. The highest BCUT2D eigenvalue weighted by molar-refractivity contribution is 6.11. The molecule has 4 heteroatoms. The standard InChI is InChI=1S/C21H17NO3/c1-14-7-9-17(10-8-14)22-13-16-11-18(20(24)12-19(16)23)21(25)15-5-3-2-4-6-15/h2-13,23-24H,1H3/b22-13+. The van der Waals surface area contributed by atoms with Gasteiger partial charge in [0, 0.05) is 23.4 Å². The van der Waals surface area contributed by atoms with Crippen molar-refractivity contribution >= 4 is 17.7 Å². The van der Waals surface area contributed by atoms with Gasteiger partial charge in [-0.15, -0.1) is 0 Å². The fraction of sp³-hybridized carbons (Fsp3) is 0.0476. The first kappa shape index (κ1) is 16.5. The molecule has 3 rings (SSSR count). The zero-order valence-corrected chi connectivity index (χ0v) is 13.7. The molecule has 3 aromatic rings. The minimum Gasteiger partial charge on any atom is -0.507 e. The molecule has 0 unspecified atom stereocenters. The summed E-state index contributed by atoms with van der Waals surface area (Å²) in [4.78, 5) is 16.9. The van der Waals surface area contributed by atoms with Crippen LogP contribution in [0.1, 0.15) is 27.0 Å². The number of benzene rings is 3. The highest BCUT2D eigenvalue weighted by atomic mass is 16.3. The van der Waals surface area contributed by atoms with Gasteiger partial charge < -0.3 is 10.2 Å². The first-order valence-electron chi connectivity index (χ1n) is 7.81. The predicted octanol–water partition coefficient (Wildman–Crippen LogP) is 4.39. The van der Waals surface area contributed by atoms with Crippen LogP contribution in [0.5, 0.6) is 11.5 Å². The minimum atomic E-state index is -0.317. The van der Waals surface area contributed by atoms with E-state index in [-0.39, 0.29) is 22.8 Å². The molecular formula is C21H17NO3. The Morgan fingerprint density at radius 1 is 0.920 bits per heavy atom. The molecule has 0 aliphatic carbocycles. The number of hydrogen-bond donors (Lipinski definition) is 2. The number of rotatable bonds is 4. The van der Waals surface area contributed by atoms with E-state index < -0.39 is 0 Å². The number of hydrogen-bond acceptors (Lipinski definition) is 4. The summed E-state index contributed by atoms with van der Waals surface area (Å²) in [5.41, 5.74) is 2.80. The van der Waals surface area contributed by atoms with Crippen molar-refractivity contribution in [2.24, 2.45) is 4.99 Å². The molecule has 0 amide bonds. The van der Waals surface area contributed by atoms with Gasteiger partial charge in [0.1, 0.15) is 11.5 Å². The monoisotopic (exact) mass is 331 g/mol. The van der Waals surface area contributed by atoms with Crippen LogP contribution < -0.4 is 0 Å². The first-order valence-corrected chi connectivity index (χ1v) is 7.81. The number of aromatic hydroxyl groups is 2. The van der Waals surface area contributed by atoms with Gasteiger partial charge in [-0.1, -0.05) is 48.0 Å². The van der Waals surface area contributed by atoms with Crippen LogP contribution >= 0.6 is 0 Å². The molecule has 3 aromatic carbocycles. The topological polar surface area (TPSA) is 69.9 Å². The number of phenolic OH excluding ortho intramolecular Hbond substituents is 2. The van der Waals surface area contributed by atoms with Gasteiger partial charge in [-0.3, -0.25) is 9.79 Å². The second-order valence-electron chi connectivity index (χ2n) is 5.72. The third-order valence-corrected chi connectivity index (χ3v) is 3.81. The molecule has 0 aliphatic rings. The third-order valence-electron chi connectivity index (χ3n) is 3.81. The van der Waals surface area contributed by atoms with E-state index >= 15 is 0 Å². The van der Waals surface area contributed by atoms with E-state index in [0.717, 1.165) is 17.3 Å². The lowest BCUT2D eigenvalue weighted by molar-refractivity contribution is 0.103. The molecule has 0 radical (unpaired) electrons. The van der Waals surface area contributed by atoms with E-state index in [1.54, 1.807) is 24.3 Å². The van der Waals surface area contributed by atoms with E-state index in [4.69, 9.17) is 0 Å². The third kappa shape index (κ3) is 3.75. The van der Waals surface area contributed by atoms with Crippen molar-refractivity contribution in [3.05, 3.63) is 89.0 Å². The highest BCUT2D eigenvalue weighted by Gasteiger charge is 2.16. The van der Waals surface area contributed by atoms with E-state index in [1.165, 1.54) is 12.3 Å². The Labute approximate surface area is 145 Å². The van der Waals surface area contributed by atoms with Gasteiger partial charge in [-0.25, -0.2) is 0 Å². The van der Waals surface area contributed by atoms with Gasteiger partial charge in [-0.2, -0.15) is 0 Å². The molecular weight excluding hydrogens is 314 g/mol. The average Bonchev–Trinajstić information content (AvgIpc) is 2.62. The van der Waals surface area contributed by atoms with Crippen molar-refractivity contribution in [3.63, 3.8) is 0 Å².